The third-order valence-electron chi connectivity index (χ3n) is 3.96. The molecule has 0 aromatic heterocycles. The maximum Gasteiger partial charge on any atom is 0.114 e. The highest BCUT2D eigenvalue weighted by Crippen LogP contribution is 2.21. The Bertz CT molecular complexity index is 295. The van der Waals surface area contributed by atoms with Crippen molar-refractivity contribution in [1.82, 2.24) is 0 Å². The fourth-order valence-corrected chi connectivity index (χ4v) is 2.66. The molecule has 0 aliphatic carbocycles. The minimum atomic E-state index is -1.00. The van der Waals surface area contributed by atoms with E-state index in [0.717, 1.165) is 25.7 Å². The zero-order valence-corrected chi connectivity index (χ0v) is 13.7. The molecule has 1 saturated heterocycles. The highest BCUT2D eigenvalue weighted by molar-refractivity contribution is 4.89. The third-order valence-corrected chi connectivity index (χ3v) is 3.96. The van der Waals surface area contributed by atoms with Gasteiger partial charge < -0.3 is 24.8 Å². The minimum absolute atomic E-state index is 0.150. The lowest BCUT2D eigenvalue weighted by Crippen LogP contribution is -2.42. The Hall–Kier alpha value is -0.460. The summed E-state index contributed by atoms with van der Waals surface area (Å²) in [5, 5.41) is 28.4. The first-order valence-corrected chi connectivity index (χ1v) is 8.55. The van der Waals surface area contributed by atoms with Gasteiger partial charge >= 0.3 is 0 Å². The van der Waals surface area contributed by atoms with Crippen molar-refractivity contribution in [2.24, 2.45) is 0 Å². The average Bonchev–Trinajstić information content (AvgIpc) is 2.89. The van der Waals surface area contributed by atoms with Crippen LogP contribution in [0.3, 0.4) is 0 Å². The molecule has 5 nitrogen and oxygen atoms in total. The number of hydrogen-bond acceptors (Lipinski definition) is 5. The van der Waals surface area contributed by atoms with Crippen LogP contribution in [0.25, 0.3) is 0 Å². The Labute approximate surface area is 133 Å². The Balaban J connectivity index is 2.04. The van der Waals surface area contributed by atoms with Crippen molar-refractivity contribution in [3.63, 3.8) is 0 Å². The van der Waals surface area contributed by atoms with Crippen molar-refractivity contribution in [2.75, 3.05) is 19.8 Å². The molecule has 1 rings (SSSR count). The Morgan fingerprint density at radius 1 is 1.18 bits per heavy atom. The summed E-state index contributed by atoms with van der Waals surface area (Å²) in [5.41, 5.74) is 0. The van der Waals surface area contributed by atoms with Crippen LogP contribution in [0.15, 0.2) is 12.2 Å². The molecular weight excluding hydrogens is 284 g/mol. The van der Waals surface area contributed by atoms with Crippen LogP contribution in [0.4, 0.5) is 0 Å². The van der Waals surface area contributed by atoms with Crippen molar-refractivity contribution in [3.8, 4) is 0 Å². The molecule has 22 heavy (non-hydrogen) atoms. The number of aliphatic hydroxyl groups excluding tert-OH is 3. The summed E-state index contributed by atoms with van der Waals surface area (Å²) in [6.07, 6.45) is 9.53. The number of rotatable bonds is 12. The molecule has 3 N–H and O–H groups in total. The van der Waals surface area contributed by atoms with Gasteiger partial charge in [-0.05, 0) is 25.7 Å². The number of unbranched alkanes of at least 4 members (excludes halogenated alkanes) is 5. The molecule has 4 atom stereocenters. The maximum absolute atomic E-state index is 9.80. The molecule has 0 saturated carbocycles. The van der Waals surface area contributed by atoms with Gasteiger partial charge in [0.1, 0.15) is 24.4 Å². The third kappa shape index (κ3) is 7.20. The van der Waals surface area contributed by atoms with E-state index in [4.69, 9.17) is 14.6 Å². The van der Waals surface area contributed by atoms with Crippen molar-refractivity contribution in [3.05, 3.63) is 12.2 Å². The lowest BCUT2D eigenvalue weighted by atomic mass is 10.1. The molecule has 1 heterocycles. The molecule has 0 amide bonds. The number of aliphatic hydroxyl groups is 3. The van der Waals surface area contributed by atoms with E-state index in [0.29, 0.717) is 6.61 Å². The Morgan fingerprint density at radius 2 is 1.91 bits per heavy atom. The predicted octanol–water partition coefficient (Wildman–Crippen LogP) is 1.79. The fraction of sp³-hybridized carbons (Fsp3) is 0.882. The lowest BCUT2D eigenvalue weighted by molar-refractivity contribution is -0.0938. The zero-order chi connectivity index (χ0) is 16.2. The van der Waals surface area contributed by atoms with Gasteiger partial charge in [0.05, 0.1) is 13.2 Å². The van der Waals surface area contributed by atoms with Gasteiger partial charge in [-0.2, -0.15) is 0 Å². The predicted molar refractivity (Wildman–Crippen MR) is 85.7 cm³/mol. The van der Waals surface area contributed by atoms with Crippen LogP contribution in [0.2, 0.25) is 0 Å². The minimum Gasteiger partial charge on any atom is -0.394 e. The van der Waals surface area contributed by atoms with E-state index in [1.54, 1.807) is 0 Å². The summed E-state index contributed by atoms with van der Waals surface area (Å²) < 4.78 is 10.9. The van der Waals surface area contributed by atoms with Gasteiger partial charge in [0.15, 0.2) is 0 Å². The van der Waals surface area contributed by atoms with Crippen LogP contribution in [0, 0.1) is 0 Å². The molecule has 130 valence electrons. The summed E-state index contributed by atoms with van der Waals surface area (Å²) in [7, 11) is 0. The summed E-state index contributed by atoms with van der Waals surface area (Å²) in [6.45, 7) is 2.46. The van der Waals surface area contributed by atoms with Gasteiger partial charge in [-0.3, -0.25) is 0 Å². The van der Waals surface area contributed by atoms with E-state index < -0.39 is 24.4 Å². The van der Waals surface area contributed by atoms with E-state index in [1.807, 2.05) is 0 Å². The van der Waals surface area contributed by atoms with Crippen LogP contribution in [-0.2, 0) is 9.47 Å². The molecule has 0 aromatic rings. The Morgan fingerprint density at radius 3 is 2.64 bits per heavy atom. The molecular formula is C17H32O5. The second kappa shape index (κ2) is 12.0. The summed E-state index contributed by atoms with van der Waals surface area (Å²) in [6, 6.07) is 0. The summed E-state index contributed by atoms with van der Waals surface area (Å²) >= 11 is 0. The molecule has 1 aliphatic heterocycles. The van der Waals surface area contributed by atoms with Crippen LogP contribution < -0.4 is 0 Å². The van der Waals surface area contributed by atoms with E-state index in [-0.39, 0.29) is 13.2 Å². The normalized spacial score (nSPS) is 26.8. The first-order valence-electron chi connectivity index (χ1n) is 8.55. The monoisotopic (exact) mass is 316 g/mol. The molecule has 0 spiro atoms. The van der Waals surface area contributed by atoms with E-state index in [1.165, 1.54) is 19.3 Å². The van der Waals surface area contributed by atoms with Crippen LogP contribution in [-0.4, -0.2) is 59.6 Å². The van der Waals surface area contributed by atoms with Gasteiger partial charge in [-0.1, -0.05) is 38.3 Å². The highest BCUT2D eigenvalue weighted by atomic mass is 16.6. The summed E-state index contributed by atoms with van der Waals surface area (Å²) in [4.78, 5) is 0. The number of ether oxygens (including phenoxy) is 2. The van der Waals surface area contributed by atoms with Gasteiger partial charge in [0, 0.05) is 6.61 Å². The molecule has 5 heteroatoms. The van der Waals surface area contributed by atoms with Crippen LogP contribution in [0.1, 0.15) is 51.9 Å². The first-order chi connectivity index (χ1) is 10.7. The fourth-order valence-electron chi connectivity index (χ4n) is 2.66. The van der Waals surface area contributed by atoms with Crippen LogP contribution >= 0.6 is 0 Å². The molecule has 0 radical (unpaired) electrons. The molecule has 1 fully saturated rings. The van der Waals surface area contributed by atoms with Gasteiger partial charge in [-0.25, -0.2) is 0 Å². The second-order valence-electron chi connectivity index (χ2n) is 5.89. The topological polar surface area (TPSA) is 79.2 Å². The smallest absolute Gasteiger partial charge is 0.114 e. The standard InChI is InChI=1S/C17H32O5/c1-2-3-4-5-6-7-8-9-10-11-21-17-15(20)13-22-16(17)14(19)12-18/h3-4,14-20H,2,5-13H2,1H3/b4-3+/t14-,15+,16+,17+/m1/s1. The second-order valence-corrected chi connectivity index (χ2v) is 5.89. The quantitative estimate of drug-likeness (QED) is 0.378. The van der Waals surface area contributed by atoms with E-state index in [2.05, 4.69) is 19.1 Å². The molecule has 0 unspecified atom stereocenters. The van der Waals surface area contributed by atoms with Crippen molar-refractivity contribution >= 4 is 0 Å². The molecule has 0 bridgehead atoms. The van der Waals surface area contributed by atoms with Gasteiger partial charge in [-0.15, -0.1) is 0 Å². The number of allylic oxidation sites excluding steroid dienone is 2. The lowest BCUT2D eigenvalue weighted by Gasteiger charge is -2.23. The number of hydrogen-bond donors (Lipinski definition) is 3. The SMILES string of the molecule is CC/C=C/CCCCCCCO[C@@H]1[C@H]([C@H](O)CO)OC[C@@H]1O. The van der Waals surface area contributed by atoms with E-state index >= 15 is 0 Å². The molecule has 0 aromatic carbocycles. The Kier molecular flexibility index (Phi) is 10.7. The van der Waals surface area contributed by atoms with E-state index in [9.17, 15) is 10.2 Å². The van der Waals surface area contributed by atoms with Crippen molar-refractivity contribution in [2.45, 2.75) is 76.3 Å². The highest BCUT2D eigenvalue weighted by Gasteiger charge is 2.40. The maximum atomic E-state index is 9.80. The van der Waals surface area contributed by atoms with Crippen molar-refractivity contribution < 1.29 is 24.8 Å². The summed E-state index contributed by atoms with van der Waals surface area (Å²) in [5.74, 6) is 0. The van der Waals surface area contributed by atoms with Crippen LogP contribution in [0.5, 0.6) is 0 Å². The molecule has 1 aliphatic rings. The first kappa shape index (κ1) is 19.6. The van der Waals surface area contributed by atoms with Gasteiger partial charge in [0.25, 0.3) is 0 Å². The van der Waals surface area contributed by atoms with Crippen molar-refractivity contribution in [1.29, 1.82) is 0 Å². The largest absolute Gasteiger partial charge is 0.394 e. The van der Waals surface area contributed by atoms with Gasteiger partial charge in [0.2, 0.25) is 0 Å². The average molecular weight is 316 g/mol. The zero-order valence-electron chi connectivity index (χ0n) is 13.7.